The van der Waals surface area contributed by atoms with Crippen molar-refractivity contribution in [2.24, 2.45) is 11.8 Å². The van der Waals surface area contributed by atoms with Gasteiger partial charge in [-0.05, 0) is 44.7 Å². The van der Waals surface area contributed by atoms with E-state index in [0.29, 0.717) is 6.04 Å². The van der Waals surface area contributed by atoms with E-state index < -0.39 is 5.97 Å². The number of carbonyl (C=O) groups excluding carboxylic acids is 1. The molecule has 5 heteroatoms. The quantitative estimate of drug-likeness (QED) is 0.360. The molecule has 5 nitrogen and oxygen atoms in total. The van der Waals surface area contributed by atoms with Crippen LogP contribution in [-0.2, 0) is 9.59 Å². The summed E-state index contributed by atoms with van der Waals surface area (Å²) in [5.41, 5.74) is 0. The Kier molecular flexibility index (Phi) is 16.4. The fourth-order valence-corrected chi connectivity index (χ4v) is 3.46. The zero-order valence-corrected chi connectivity index (χ0v) is 19.2. The largest absolute Gasteiger partial charge is 0.481 e. The third-order valence-electron chi connectivity index (χ3n) is 5.35. The van der Waals surface area contributed by atoms with Crippen molar-refractivity contribution in [1.29, 1.82) is 0 Å². The van der Waals surface area contributed by atoms with Crippen LogP contribution in [0, 0.1) is 11.8 Å². The van der Waals surface area contributed by atoms with Crippen molar-refractivity contribution in [3.63, 3.8) is 0 Å². The van der Waals surface area contributed by atoms with Gasteiger partial charge in [0.2, 0.25) is 0 Å². The highest BCUT2D eigenvalue weighted by Gasteiger charge is 2.25. The summed E-state index contributed by atoms with van der Waals surface area (Å²) in [5.74, 6) is 0.873. The maximum absolute atomic E-state index is 10.7. The lowest BCUT2D eigenvalue weighted by Gasteiger charge is -2.40. The maximum Gasteiger partial charge on any atom is 0.303 e. The average molecular weight is 399 g/mol. The van der Waals surface area contributed by atoms with Crippen LogP contribution in [0.2, 0.25) is 0 Å². The predicted octanol–water partition coefficient (Wildman–Crippen LogP) is 4.70. The summed E-state index contributed by atoms with van der Waals surface area (Å²) < 4.78 is 0. The first-order chi connectivity index (χ1) is 13.3. The molecule has 1 rings (SSSR count). The van der Waals surface area contributed by atoms with Crippen molar-refractivity contribution in [1.82, 2.24) is 9.80 Å². The number of carboxylic acids is 1. The molecule has 1 atom stereocenters. The molecule has 1 aliphatic heterocycles. The van der Waals surface area contributed by atoms with Crippen molar-refractivity contribution in [2.75, 3.05) is 33.2 Å². The number of aliphatic carboxylic acids is 1. The molecule has 0 bridgehead atoms. The van der Waals surface area contributed by atoms with Gasteiger partial charge in [0.05, 0.1) is 0 Å². The molecule has 0 amide bonds. The number of hydrogen-bond donors (Lipinski definition) is 1. The smallest absolute Gasteiger partial charge is 0.303 e. The molecule has 0 aromatic carbocycles. The molecule has 1 heterocycles. The molecule has 0 aromatic rings. The number of hydrogen-bond acceptors (Lipinski definition) is 4. The number of nitrogens with zero attached hydrogens (tertiary/aromatic N) is 2. The lowest BCUT2D eigenvalue weighted by atomic mass is 10.0. The Hall–Kier alpha value is -0.940. The zero-order chi connectivity index (χ0) is 21.4. The van der Waals surface area contributed by atoms with Crippen LogP contribution >= 0.6 is 0 Å². The Bertz CT molecular complexity index is 399. The van der Waals surface area contributed by atoms with E-state index >= 15 is 0 Å². The van der Waals surface area contributed by atoms with Crippen LogP contribution in [0.15, 0.2) is 0 Å². The molecule has 1 fully saturated rings. The van der Waals surface area contributed by atoms with Gasteiger partial charge < -0.3 is 14.8 Å². The summed E-state index contributed by atoms with van der Waals surface area (Å²) in [6, 6.07) is 0.420. The van der Waals surface area contributed by atoms with E-state index in [0.717, 1.165) is 63.6 Å². The number of piperazine rings is 1. The van der Waals surface area contributed by atoms with Gasteiger partial charge in [0.1, 0.15) is 6.29 Å². The lowest BCUT2D eigenvalue weighted by molar-refractivity contribution is -0.137. The van der Waals surface area contributed by atoms with Crippen LogP contribution in [0.25, 0.3) is 0 Å². The Labute approximate surface area is 173 Å². The topological polar surface area (TPSA) is 60.9 Å². The number of carbonyl (C=O) groups is 2. The monoisotopic (exact) mass is 398 g/mol. The van der Waals surface area contributed by atoms with E-state index in [1.54, 1.807) is 0 Å². The molecule has 0 radical (unpaired) electrons. The Morgan fingerprint density at radius 2 is 1.68 bits per heavy atom. The first-order valence-corrected chi connectivity index (χ1v) is 11.3. The van der Waals surface area contributed by atoms with Crippen molar-refractivity contribution in [3.05, 3.63) is 0 Å². The van der Waals surface area contributed by atoms with Gasteiger partial charge in [-0.3, -0.25) is 9.69 Å². The van der Waals surface area contributed by atoms with Gasteiger partial charge in [-0.2, -0.15) is 0 Å². The predicted molar refractivity (Wildman–Crippen MR) is 118 cm³/mol. The Morgan fingerprint density at radius 1 is 1.04 bits per heavy atom. The van der Waals surface area contributed by atoms with E-state index in [2.05, 4.69) is 44.5 Å². The standard InChI is InChI=1S/C13H26N2O2.C10H20O/c1-11(2)6-7-15-9-8-14(3)10-12(15)4-5-13(16)17;1-10(2)8-6-4-3-5-7-9-11/h11-12H,4-10H2,1-3H3,(H,16,17);9-10H,3-8H2,1-2H3. The first-order valence-electron chi connectivity index (χ1n) is 11.3. The summed E-state index contributed by atoms with van der Waals surface area (Å²) in [7, 11) is 2.12. The lowest BCUT2D eigenvalue weighted by Crippen LogP contribution is -2.52. The molecule has 0 aliphatic carbocycles. The highest BCUT2D eigenvalue weighted by Crippen LogP contribution is 2.15. The van der Waals surface area contributed by atoms with Crippen LogP contribution in [-0.4, -0.2) is 66.4 Å². The number of unbranched alkanes of at least 4 members (excludes halogenated alkanes) is 4. The van der Waals surface area contributed by atoms with Gasteiger partial charge in [-0.15, -0.1) is 0 Å². The van der Waals surface area contributed by atoms with E-state index in [9.17, 15) is 9.59 Å². The van der Waals surface area contributed by atoms with Gasteiger partial charge in [0, 0.05) is 38.5 Å². The van der Waals surface area contributed by atoms with E-state index in [-0.39, 0.29) is 6.42 Å². The van der Waals surface area contributed by atoms with E-state index in [1.165, 1.54) is 32.1 Å². The summed E-state index contributed by atoms with van der Waals surface area (Å²) in [6.45, 7) is 13.3. The summed E-state index contributed by atoms with van der Waals surface area (Å²) in [6.07, 6.45) is 10.3. The van der Waals surface area contributed by atoms with Gasteiger partial charge in [-0.1, -0.05) is 53.4 Å². The van der Waals surface area contributed by atoms with Gasteiger partial charge in [0.25, 0.3) is 0 Å². The second-order valence-corrected chi connectivity index (χ2v) is 9.12. The number of aldehydes is 1. The second kappa shape index (κ2) is 17.0. The number of carboxylic acid groups (broad SMARTS) is 1. The summed E-state index contributed by atoms with van der Waals surface area (Å²) >= 11 is 0. The molecular formula is C23H46N2O3. The molecule has 166 valence electrons. The minimum atomic E-state index is -0.679. The minimum absolute atomic E-state index is 0.288. The molecular weight excluding hydrogens is 352 g/mol. The third-order valence-corrected chi connectivity index (χ3v) is 5.35. The summed E-state index contributed by atoms with van der Waals surface area (Å²) in [4.78, 5) is 25.4. The zero-order valence-electron chi connectivity index (χ0n) is 19.2. The van der Waals surface area contributed by atoms with Crippen LogP contribution in [0.3, 0.4) is 0 Å². The van der Waals surface area contributed by atoms with Gasteiger partial charge in [-0.25, -0.2) is 0 Å². The average Bonchev–Trinajstić information content (AvgIpc) is 2.62. The van der Waals surface area contributed by atoms with Gasteiger partial charge >= 0.3 is 5.97 Å². The normalized spacial score (nSPS) is 18.2. The maximum atomic E-state index is 10.7. The van der Waals surface area contributed by atoms with E-state index in [1.807, 2.05) is 0 Å². The highest BCUT2D eigenvalue weighted by atomic mass is 16.4. The molecule has 1 unspecified atom stereocenters. The highest BCUT2D eigenvalue weighted by molar-refractivity contribution is 5.66. The first kappa shape index (κ1) is 27.1. The summed E-state index contributed by atoms with van der Waals surface area (Å²) in [5, 5.41) is 8.78. The van der Waals surface area contributed by atoms with Gasteiger partial charge in [0.15, 0.2) is 0 Å². The Morgan fingerprint density at radius 3 is 2.25 bits per heavy atom. The molecule has 1 saturated heterocycles. The third kappa shape index (κ3) is 16.1. The van der Waals surface area contributed by atoms with Crippen molar-refractivity contribution in [2.45, 2.75) is 91.5 Å². The molecule has 0 spiro atoms. The molecule has 1 N–H and O–H groups in total. The van der Waals surface area contributed by atoms with Crippen molar-refractivity contribution in [3.8, 4) is 0 Å². The fraction of sp³-hybridized carbons (Fsp3) is 0.913. The second-order valence-electron chi connectivity index (χ2n) is 9.12. The SMILES string of the molecule is CC(C)CCCCCCC=O.CC(C)CCN1CCN(C)CC1CCC(=O)O. The number of rotatable bonds is 13. The molecule has 0 aromatic heterocycles. The number of likely N-dealkylation sites (N-methyl/N-ethyl adjacent to an activating group) is 1. The minimum Gasteiger partial charge on any atom is -0.481 e. The molecule has 28 heavy (non-hydrogen) atoms. The fourth-order valence-electron chi connectivity index (χ4n) is 3.46. The van der Waals surface area contributed by atoms with Crippen LogP contribution in [0.5, 0.6) is 0 Å². The van der Waals surface area contributed by atoms with E-state index in [4.69, 9.17) is 5.11 Å². The molecule has 0 saturated carbocycles. The van der Waals surface area contributed by atoms with Crippen LogP contribution in [0.1, 0.15) is 85.5 Å². The van der Waals surface area contributed by atoms with Crippen LogP contribution < -0.4 is 0 Å². The van der Waals surface area contributed by atoms with Crippen molar-refractivity contribution < 1.29 is 14.7 Å². The van der Waals surface area contributed by atoms with Crippen LogP contribution in [0.4, 0.5) is 0 Å². The van der Waals surface area contributed by atoms with Crippen molar-refractivity contribution >= 4 is 12.3 Å². The Balaban J connectivity index is 0.000000576. The molecule has 1 aliphatic rings.